The van der Waals surface area contributed by atoms with Crippen LogP contribution in [0.4, 0.5) is 10.5 Å². The molecule has 4 rings (SSSR count). The zero-order valence-corrected chi connectivity index (χ0v) is 16.9. The molecule has 2 aromatic rings. The number of carbonyl (C=O) groups excluding carboxylic acids is 1. The van der Waals surface area contributed by atoms with Crippen molar-refractivity contribution in [1.82, 2.24) is 0 Å². The number of nitrogens with one attached hydrogen (secondary N) is 1. The van der Waals surface area contributed by atoms with Gasteiger partial charge in [0.2, 0.25) is 5.09 Å². The maximum atomic E-state index is 12.8. The van der Waals surface area contributed by atoms with Crippen molar-refractivity contribution in [3.63, 3.8) is 0 Å². The van der Waals surface area contributed by atoms with E-state index in [1.165, 1.54) is 23.5 Å². The number of nitrogens with zero attached hydrogens (tertiary/aromatic N) is 1. The minimum absolute atomic E-state index is 0.136. The second-order valence-corrected chi connectivity index (χ2v) is 9.76. The van der Waals surface area contributed by atoms with E-state index in [0.717, 1.165) is 55.3 Å². The van der Waals surface area contributed by atoms with Crippen molar-refractivity contribution in [2.75, 3.05) is 5.32 Å². The normalized spacial score (nSPS) is 17.7. The lowest BCUT2D eigenvalue weighted by Crippen LogP contribution is -2.19. The summed E-state index contributed by atoms with van der Waals surface area (Å²) in [6.45, 7) is 3.14. The van der Waals surface area contributed by atoms with E-state index in [1.54, 1.807) is 13.8 Å². The van der Waals surface area contributed by atoms with Gasteiger partial charge in [0.15, 0.2) is 9.92 Å². The van der Waals surface area contributed by atoms with Gasteiger partial charge >= 0.3 is 6.03 Å². The predicted octanol–water partition coefficient (Wildman–Crippen LogP) is 3.42. The summed E-state index contributed by atoms with van der Waals surface area (Å²) in [5, 5.41) is 18.5. The van der Waals surface area contributed by atoms with Gasteiger partial charge in [0.05, 0.1) is 11.9 Å². The molecule has 0 aliphatic heterocycles. The summed E-state index contributed by atoms with van der Waals surface area (Å²) in [5.74, 6) is 0. The minimum atomic E-state index is -3.56. The molecule has 0 saturated carbocycles. The number of aliphatic hydroxyl groups is 1. The van der Waals surface area contributed by atoms with Crippen molar-refractivity contribution in [3.05, 3.63) is 46.2 Å². The van der Waals surface area contributed by atoms with Crippen LogP contribution >= 0.6 is 0 Å². The van der Waals surface area contributed by atoms with E-state index < -0.39 is 21.5 Å². The van der Waals surface area contributed by atoms with E-state index >= 15 is 0 Å². The lowest BCUT2D eigenvalue weighted by atomic mass is 9.99. The highest BCUT2D eigenvalue weighted by Crippen LogP contribution is 2.38. The van der Waals surface area contributed by atoms with E-state index in [-0.39, 0.29) is 5.09 Å². The molecular weight excluding hydrogens is 378 g/mol. The van der Waals surface area contributed by atoms with Gasteiger partial charge in [-0.2, -0.15) is 0 Å². The van der Waals surface area contributed by atoms with Crippen molar-refractivity contribution >= 4 is 21.6 Å². The number of hydrogen-bond donors (Lipinski definition) is 3. The Kier molecular flexibility index (Phi) is 4.60. The largest absolute Gasteiger partial charge is 0.453 e. The molecule has 28 heavy (non-hydrogen) atoms. The average Bonchev–Trinajstić information content (AvgIpc) is 3.33. The number of benzene rings is 1. The molecule has 4 N–H and O–H groups in total. The molecule has 2 amide bonds. The fourth-order valence-corrected chi connectivity index (χ4v) is 4.92. The van der Waals surface area contributed by atoms with Crippen LogP contribution in [0.3, 0.4) is 0 Å². The van der Waals surface area contributed by atoms with Gasteiger partial charge in [0.25, 0.3) is 0 Å². The predicted molar refractivity (Wildman–Crippen MR) is 106 cm³/mol. The summed E-state index contributed by atoms with van der Waals surface area (Å²) in [4.78, 5) is 12.6. The molecule has 0 bridgehead atoms. The van der Waals surface area contributed by atoms with Crippen molar-refractivity contribution in [2.24, 2.45) is 9.50 Å². The standard InChI is InChI=1S/C20H25N3O4S/c1-20(2,25)14-10-17(27-11-14)28(21,26)23-19(24)22-18-15-7-3-5-12(15)9-13-6-4-8-16(13)18/h9-11,25H,3-8H2,1-2H3,(H3,21,22,23,24,26). The summed E-state index contributed by atoms with van der Waals surface area (Å²) in [6.07, 6.45) is 7.28. The summed E-state index contributed by atoms with van der Waals surface area (Å²) in [5.41, 5.74) is 4.95. The summed E-state index contributed by atoms with van der Waals surface area (Å²) in [7, 11) is -3.56. The Bertz CT molecular complexity index is 1040. The first-order valence-corrected chi connectivity index (χ1v) is 11.1. The number of urea groups is 1. The molecular formula is C20H25N3O4S. The van der Waals surface area contributed by atoms with Crippen LogP contribution in [-0.2, 0) is 41.2 Å². The lowest BCUT2D eigenvalue weighted by molar-refractivity contribution is 0.0779. The van der Waals surface area contributed by atoms with Crippen LogP contribution in [0.1, 0.15) is 54.5 Å². The fraction of sp³-hybridized carbons (Fsp3) is 0.450. The SMILES string of the molecule is CC(C)(O)c1coc(S(N)(=O)=NC(=O)Nc2c3c(cc4c2CCC4)CCC3)c1. The number of anilines is 1. The quantitative estimate of drug-likeness (QED) is 0.728. The monoisotopic (exact) mass is 403 g/mol. The smallest absolute Gasteiger partial charge is 0.354 e. The van der Waals surface area contributed by atoms with Crippen LogP contribution in [0, 0.1) is 0 Å². The van der Waals surface area contributed by atoms with E-state index in [1.807, 2.05) is 0 Å². The third-order valence-corrected chi connectivity index (χ3v) is 6.72. The van der Waals surface area contributed by atoms with Gasteiger partial charge in [0, 0.05) is 17.3 Å². The van der Waals surface area contributed by atoms with E-state index in [4.69, 9.17) is 9.56 Å². The summed E-state index contributed by atoms with van der Waals surface area (Å²) in [6, 6.07) is 2.89. The van der Waals surface area contributed by atoms with Gasteiger partial charge in [-0.15, -0.1) is 4.36 Å². The Labute approximate surface area is 164 Å². The molecule has 0 spiro atoms. The first kappa shape index (κ1) is 19.2. The van der Waals surface area contributed by atoms with E-state index in [9.17, 15) is 14.1 Å². The Morgan fingerprint density at radius 2 is 1.79 bits per heavy atom. The van der Waals surface area contributed by atoms with E-state index in [2.05, 4.69) is 15.7 Å². The molecule has 0 saturated heterocycles. The molecule has 2 aliphatic rings. The molecule has 1 aromatic heterocycles. The highest BCUT2D eigenvalue weighted by atomic mass is 32.2. The zero-order chi connectivity index (χ0) is 20.1. The summed E-state index contributed by atoms with van der Waals surface area (Å²) >= 11 is 0. The molecule has 0 radical (unpaired) electrons. The second-order valence-electron chi connectivity index (χ2n) is 8.04. The van der Waals surface area contributed by atoms with Crippen LogP contribution in [0.5, 0.6) is 0 Å². The number of rotatable bonds is 3. The highest BCUT2D eigenvalue weighted by Gasteiger charge is 2.26. The van der Waals surface area contributed by atoms with Crippen LogP contribution in [0.2, 0.25) is 0 Å². The third kappa shape index (κ3) is 3.47. The van der Waals surface area contributed by atoms with Gasteiger partial charge in [-0.1, -0.05) is 6.07 Å². The molecule has 2 aliphatic carbocycles. The molecule has 1 atom stereocenters. The molecule has 1 aromatic carbocycles. The molecule has 7 nitrogen and oxygen atoms in total. The Morgan fingerprint density at radius 3 is 2.32 bits per heavy atom. The Morgan fingerprint density at radius 1 is 1.18 bits per heavy atom. The number of nitrogens with two attached hydrogens (primary N) is 1. The molecule has 150 valence electrons. The number of carbonyl (C=O) groups is 1. The number of aryl methyl sites for hydroxylation is 2. The van der Waals surface area contributed by atoms with Crippen LogP contribution < -0.4 is 10.5 Å². The van der Waals surface area contributed by atoms with Crippen LogP contribution in [-0.4, -0.2) is 15.3 Å². The second kappa shape index (κ2) is 6.72. The molecule has 1 unspecified atom stereocenters. The van der Waals surface area contributed by atoms with Gasteiger partial charge in [-0.25, -0.2) is 14.1 Å². The van der Waals surface area contributed by atoms with Gasteiger partial charge in [-0.3, -0.25) is 0 Å². The number of amides is 2. The zero-order valence-electron chi connectivity index (χ0n) is 16.1. The van der Waals surface area contributed by atoms with Crippen LogP contribution in [0.15, 0.2) is 32.3 Å². The third-order valence-electron chi connectivity index (χ3n) is 5.49. The number of hydrogen-bond acceptors (Lipinski definition) is 4. The number of furan rings is 1. The number of fused-ring (bicyclic) bond motifs is 2. The van der Waals surface area contributed by atoms with E-state index in [0.29, 0.717) is 5.56 Å². The lowest BCUT2D eigenvalue weighted by Gasteiger charge is -2.15. The minimum Gasteiger partial charge on any atom is -0.453 e. The van der Waals surface area contributed by atoms with Crippen molar-refractivity contribution in [3.8, 4) is 0 Å². The molecule has 0 fully saturated rings. The fourth-order valence-electron chi connectivity index (χ4n) is 4.06. The maximum absolute atomic E-state index is 12.8. The van der Waals surface area contributed by atoms with Crippen LogP contribution in [0.25, 0.3) is 0 Å². The Balaban J connectivity index is 1.65. The van der Waals surface area contributed by atoms with Gasteiger partial charge in [-0.05, 0) is 74.6 Å². The molecule has 1 heterocycles. The summed E-state index contributed by atoms with van der Waals surface area (Å²) < 4.78 is 21.7. The Hall–Kier alpha value is -2.16. The van der Waals surface area contributed by atoms with Crippen molar-refractivity contribution in [2.45, 2.75) is 63.1 Å². The topological polar surface area (TPSA) is 118 Å². The highest BCUT2D eigenvalue weighted by molar-refractivity contribution is 7.91. The first-order valence-electron chi connectivity index (χ1n) is 9.49. The maximum Gasteiger partial charge on any atom is 0.354 e. The average molecular weight is 404 g/mol. The van der Waals surface area contributed by atoms with Crippen molar-refractivity contribution < 1.29 is 18.5 Å². The first-order chi connectivity index (χ1) is 13.1. The molecule has 8 heteroatoms. The van der Waals surface area contributed by atoms with Crippen molar-refractivity contribution in [1.29, 1.82) is 0 Å². The van der Waals surface area contributed by atoms with Gasteiger partial charge in [0.1, 0.15) is 0 Å². The van der Waals surface area contributed by atoms with Gasteiger partial charge < -0.3 is 14.8 Å².